The minimum absolute atomic E-state index is 0.0356. The molecule has 0 bridgehead atoms. The fourth-order valence-corrected chi connectivity index (χ4v) is 2.55. The first-order chi connectivity index (χ1) is 14.7. The van der Waals surface area contributed by atoms with Crippen molar-refractivity contribution in [1.29, 1.82) is 5.41 Å². The number of carbonyl (C=O) groups excluding carboxylic acids is 3. The number of rotatable bonds is 10. The van der Waals surface area contributed by atoms with Gasteiger partial charge < -0.3 is 36.2 Å². The molecule has 0 aliphatic carbocycles. The highest BCUT2D eigenvalue weighted by Gasteiger charge is 2.18. The number of imidazole rings is 1. The molecule has 2 rings (SSSR count). The molecule has 0 aliphatic rings. The van der Waals surface area contributed by atoms with Gasteiger partial charge in [0.25, 0.3) is 11.8 Å². The molecular formula is C17H25N11O3. The molecule has 3 amide bonds. The van der Waals surface area contributed by atoms with E-state index in [0.29, 0.717) is 5.69 Å². The van der Waals surface area contributed by atoms with Crippen molar-refractivity contribution in [2.45, 2.75) is 6.42 Å². The van der Waals surface area contributed by atoms with Gasteiger partial charge in [0.15, 0.2) is 5.82 Å². The number of aliphatic imine (C=N–C) groups is 1. The predicted octanol–water partition coefficient (Wildman–Crippen LogP) is -1.50. The van der Waals surface area contributed by atoms with Gasteiger partial charge in [0.1, 0.15) is 12.2 Å². The van der Waals surface area contributed by atoms with Gasteiger partial charge in [0.2, 0.25) is 11.7 Å². The molecule has 0 fully saturated rings. The number of nitrogens with two attached hydrogens (primary N) is 2. The molecule has 14 nitrogen and oxygen atoms in total. The van der Waals surface area contributed by atoms with Gasteiger partial charge in [0.05, 0.1) is 17.9 Å². The average molecular weight is 431 g/mol. The van der Waals surface area contributed by atoms with Gasteiger partial charge >= 0.3 is 0 Å². The van der Waals surface area contributed by atoms with Gasteiger partial charge in [-0.05, 0) is 6.07 Å². The molecule has 2 aromatic heterocycles. The quantitative estimate of drug-likeness (QED) is 0.102. The number of carbonyl (C=O) groups is 3. The number of amides is 3. The van der Waals surface area contributed by atoms with Crippen LogP contribution in [0.4, 0.5) is 11.5 Å². The Morgan fingerprint density at radius 2 is 1.94 bits per heavy atom. The summed E-state index contributed by atoms with van der Waals surface area (Å²) in [5.74, 6) is 3.95. The third-order valence-electron chi connectivity index (χ3n) is 3.92. The second-order valence-corrected chi connectivity index (χ2v) is 6.46. The normalized spacial score (nSPS) is 10.7. The van der Waals surface area contributed by atoms with Crippen molar-refractivity contribution in [2.75, 3.05) is 23.7 Å². The van der Waals surface area contributed by atoms with Gasteiger partial charge in [-0.2, -0.15) is 0 Å². The molecule has 14 heteroatoms. The van der Waals surface area contributed by atoms with E-state index in [0.717, 1.165) is 0 Å². The average Bonchev–Trinajstić information content (AvgIpc) is 3.23. The van der Waals surface area contributed by atoms with Crippen molar-refractivity contribution in [2.24, 2.45) is 30.7 Å². The van der Waals surface area contributed by atoms with Gasteiger partial charge in [-0.3, -0.25) is 24.8 Å². The zero-order valence-electron chi connectivity index (χ0n) is 17.1. The number of hydrogen-bond donors (Lipinski definition) is 7. The van der Waals surface area contributed by atoms with E-state index >= 15 is 0 Å². The summed E-state index contributed by atoms with van der Waals surface area (Å²) in [5, 5.41) is 15.0. The Hall–Kier alpha value is -4.20. The van der Waals surface area contributed by atoms with Crippen LogP contribution in [0, 0.1) is 5.41 Å². The Labute approximate surface area is 177 Å². The highest BCUT2D eigenvalue weighted by atomic mass is 16.2. The van der Waals surface area contributed by atoms with Crippen LogP contribution in [0.2, 0.25) is 0 Å². The van der Waals surface area contributed by atoms with E-state index in [9.17, 15) is 14.4 Å². The molecular weight excluding hydrogens is 406 g/mol. The first-order valence-electron chi connectivity index (χ1n) is 9.07. The smallest absolute Gasteiger partial charge is 0.287 e. The molecule has 31 heavy (non-hydrogen) atoms. The first-order valence-corrected chi connectivity index (χ1v) is 9.07. The number of aromatic nitrogens is 3. The van der Waals surface area contributed by atoms with E-state index in [-0.39, 0.29) is 48.6 Å². The lowest BCUT2D eigenvalue weighted by Gasteiger charge is -2.03. The lowest BCUT2D eigenvalue weighted by atomic mass is 10.3. The summed E-state index contributed by atoms with van der Waals surface area (Å²) in [5.41, 5.74) is 8.13. The standard InChI is InChI=1S/C17H25N11O3/c1-27-7-10(24-14(29)6-21-9-23-20)5-11(27)16(30)26-13-8-28(2)15(25-13)17(31)22-4-3-12(18)19/h5,7-9H,3-4,6,20H2,1-2H3,(H3,18,19)(H,21,23)(H,22,31)(H,24,29)(H,26,30). The molecule has 0 saturated heterocycles. The van der Waals surface area contributed by atoms with Crippen molar-refractivity contribution in [3.8, 4) is 0 Å². The van der Waals surface area contributed by atoms with E-state index in [2.05, 4.69) is 31.4 Å². The van der Waals surface area contributed by atoms with E-state index in [1.54, 1.807) is 20.3 Å². The predicted molar refractivity (Wildman–Crippen MR) is 115 cm³/mol. The molecule has 0 spiro atoms. The van der Waals surface area contributed by atoms with E-state index < -0.39 is 11.8 Å². The maximum atomic E-state index is 12.6. The summed E-state index contributed by atoms with van der Waals surface area (Å²) < 4.78 is 3.00. The summed E-state index contributed by atoms with van der Waals surface area (Å²) in [7, 11) is 3.26. The van der Waals surface area contributed by atoms with Crippen LogP contribution in [-0.2, 0) is 18.9 Å². The summed E-state index contributed by atoms with van der Waals surface area (Å²) in [6.45, 7) is 0.0699. The van der Waals surface area contributed by atoms with Crippen molar-refractivity contribution in [1.82, 2.24) is 24.9 Å². The van der Waals surface area contributed by atoms with Crippen LogP contribution in [0.25, 0.3) is 0 Å². The molecule has 2 heterocycles. The number of hydrazine groups is 1. The summed E-state index contributed by atoms with van der Waals surface area (Å²) >= 11 is 0. The van der Waals surface area contributed by atoms with Crippen molar-refractivity contribution in [3.05, 3.63) is 30.0 Å². The second kappa shape index (κ2) is 10.5. The topological polar surface area (TPSA) is 210 Å². The monoisotopic (exact) mass is 431 g/mol. The highest BCUT2D eigenvalue weighted by molar-refractivity contribution is 6.04. The zero-order valence-corrected chi connectivity index (χ0v) is 17.1. The number of nitrogens with one attached hydrogen (secondary N) is 5. The molecule has 2 aromatic rings. The molecule has 0 aromatic carbocycles. The Bertz CT molecular complexity index is 1010. The van der Waals surface area contributed by atoms with Crippen molar-refractivity contribution >= 4 is 41.4 Å². The Kier molecular flexibility index (Phi) is 7.85. The third kappa shape index (κ3) is 6.67. The molecule has 166 valence electrons. The fraction of sp³-hybridized carbons (Fsp3) is 0.294. The van der Waals surface area contributed by atoms with Crippen LogP contribution >= 0.6 is 0 Å². The Balaban J connectivity index is 2.01. The van der Waals surface area contributed by atoms with Crippen LogP contribution in [0.3, 0.4) is 0 Å². The highest BCUT2D eigenvalue weighted by Crippen LogP contribution is 2.15. The van der Waals surface area contributed by atoms with E-state index in [1.807, 2.05) is 0 Å². The summed E-state index contributed by atoms with van der Waals surface area (Å²) in [4.78, 5) is 44.5. The maximum Gasteiger partial charge on any atom is 0.287 e. The minimum atomic E-state index is -0.477. The first kappa shape index (κ1) is 23.1. The number of nitrogens with zero attached hydrogens (tertiary/aromatic N) is 4. The Morgan fingerprint density at radius 3 is 2.61 bits per heavy atom. The van der Waals surface area contributed by atoms with Crippen LogP contribution < -0.4 is 33.0 Å². The van der Waals surface area contributed by atoms with Crippen molar-refractivity contribution in [3.63, 3.8) is 0 Å². The lowest BCUT2D eigenvalue weighted by Crippen LogP contribution is -2.29. The van der Waals surface area contributed by atoms with Crippen LogP contribution in [0.15, 0.2) is 23.5 Å². The summed E-state index contributed by atoms with van der Waals surface area (Å²) in [6, 6.07) is 1.50. The van der Waals surface area contributed by atoms with Gasteiger partial charge in [-0.25, -0.2) is 10.8 Å². The molecule has 0 aliphatic heterocycles. The molecule has 9 N–H and O–H groups in total. The van der Waals surface area contributed by atoms with Gasteiger partial charge in [-0.15, -0.1) is 0 Å². The van der Waals surface area contributed by atoms with Crippen LogP contribution in [0.5, 0.6) is 0 Å². The molecule has 0 saturated carbocycles. The number of aryl methyl sites for hydroxylation is 2. The van der Waals surface area contributed by atoms with Crippen molar-refractivity contribution < 1.29 is 14.4 Å². The third-order valence-corrected chi connectivity index (χ3v) is 3.92. The molecule has 0 unspecified atom stereocenters. The largest absolute Gasteiger partial charge is 0.388 e. The minimum Gasteiger partial charge on any atom is -0.388 e. The van der Waals surface area contributed by atoms with E-state index in [1.165, 1.54) is 27.7 Å². The number of anilines is 2. The number of amidine groups is 1. The molecule has 0 atom stereocenters. The molecule has 0 radical (unpaired) electrons. The zero-order chi connectivity index (χ0) is 23.0. The fourth-order valence-electron chi connectivity index (χ4n) is 2.55. The van der Waals surface area contributed by atoms with E-state index in [4.69, 9.17) is 17.0 Å². The van der Waals surface area contributed by atoms with Crippen LogP contribution in [0.1, 0.15) is 27.5 Å². The maximum absolute atomic E-state index is 12.6. The lowest BCUT2D eigenvalue weighted by molar-refractivity contribution is -0.114. The van der Waals surface area contributed by atoms with Gasteiger partial charge in [0, 0.05) is 39.5 Å². The number of hydrogen-bond acceptors (Lipinski definition) is 7. The summed E-state index contributed by atoms with van der Waals surface area (Å²) in [6.07, 6.45) is 4.48. The Morgan fingerprint density at radius 1 is 1.19 bits per heavy atom. The van der Waals surface area contributed by atoms with Crippen LogP contribution in [-0.4, -0.2) is 57.1 Å². The second-order valence-electron chi connectivity index (χ2n) is 6.46. The van der Waals surface area contributed by atoms with Gasteiger partial charge in [-0.1, -0.05) is 0 Å². The SMILES string of the molecule is Cn1cc(NC(=O)CN=CNN)cc1C(=O)Nc1cn(C)c(C(=O)NCCC(=N)N)n1.